The van der Waals surface area contributed by atoms with Gasteiger partial charge in [-0.25, -0.2) is 0 Å². The third-order valence-electron chi connectivity index (χ3n) is 3.57. The maximum atomic E-state index is 11.8. The number of amides is 1. The number of esters is 1. The zero-order valence-corrected chi connectivity index (χ0v) is 15.1. The Morgan fingerprint density at radius 2 is 1.96 bits per heavy atom. The Hall–Kier alpha value is -2.20. The van der Waals surface area contributed by atoms with Gasteiger partial charge >= 0.3 is 5.97 Å². The number of carbonyl (C=O) groups excluding carboxylic acids is 2. The molecule has 1 aromatic rings. The topological polar surface area (TPSA) is 88.4 Å². The fourth-order valence-electron chi connectivity index (χ4n) is 1.63. The Kier molecular flexibility index (Phi) is 7.59. The molecule has 0 aromatic heterocycles. The van der Waals surface area contributed by atoms with Crippen LogP contribution in [0.1, 0.15) is 20.8 Å². The number of rotatable bonds is 8. The first-order chi connectivity index (χ1) is 11.3. The lowest BCUT2D eigenvalue weighted by Gasteiger charge is -2.27. The van der Waals surface area contributed by atoms with Crippen molar-refractivity contribution in [1.82, 2.24) is 5.32 Å². The molecular formula is C17H22N2O4S. The first-order valence-corrected chi connectivity index (χ1v) is 8.44. The van der Waals surface area contributed by atoms with Crippen LogP contribution in [0.2, 0.25) is 0 Å². The van der Waals surface area contributed by atoms with Crippen molar-refractivity contribution in [3.8, 4) is 11.8 Å². The highest BCUT2D eigenvalue weighted by Gasteiger charge is 2.30. The van der Waals surface area contributed by atoms with Gasteiger partial charge in [0.05, 0.1) is 18.9 Å². The van der Waals surface area contributed by atoms with Crippen LogP contribution in [0.3, 0.4) is 0 Å². The molecule has 0 radical (unpaired) electrons. The van der Waals surface area contributed by atoms with E-state index in [1.54, 1.807) is 26.2 Å². The Morgan fingerprint density at radius 3 is 2.46 bits per heavy atom. The molecule has 0 heterocycles. The van der Waals surface area contributed by atoms with Crippen molar-refractivity contribution < 1.29 is 19.1 Å². The molecule has 1 rings (SSSR count). The van der Waals surface area contributed by atoms with E-state index in [0.29, 0.717) is 0 Å². The standard InChI is InChI=1S/C17H22N2O4S/c1-12(2)17(3,11-18)19-15(20)9-23-16(21)10-24-14-7-5-13(22-4)6-8-14/h5-8,12H,9-10H2,1-4H3,(H,19,20)/t17-/m1/s1. The van der Waals surface area contributed by atoms with E-state index in [1.165, 1.54) is 11.8 Å². The highest BCUT2D eigenvalue weighted by Crippen LogP contribution is 2.21. The normalized spacial score (nSPS) is 12.8. The fourth-order valence-corrected chi connectivity index (χ4v) is 2.33. The van der Waals surface area contributed by atoms with Crippen LogP contribution in [0.25, 0.3) is 0 Å². The summed E-state index contributed by atoms with van der Waals surface area (Å²) in [4.78, 5) is 24.4. The first kappa shape index (κ1) is 19.8. The maximum Gasteiger partial charge on any atom is 0.316 e. The van der Waals surface area contributed by atoms with Gasteiger partial charge in [0.25, 0.3) is 5.91 Å². The molecule has 0 aliphatic rings. The number of carbonyl (C=O) groups is 2. The summed E-state index contributed by atoms with van der Waals surface area (Å²) in [5.41, 5.74) is -0.985. The molecule has 1 atom stereocenters. The summed E-state index contributed by atoms with van der Waals surface area (Å²) in [6, 6.07) is 9.34. The maximum absolute atomic E-state index is 11.8. The van der Waals surface area contributed by atoms with Crippen LogP contribution in [0, 0.1) is 17.2 Å². The van der Waals surface area contributed by atoms with Gasteiger partial charge in [-0.2, -0.15) is 5.26 Å². The van der Waals surface area contributed by atoms with E-state index in [-0.39, 0.29) is 11.7 Å². The number of ether oxygens (including phenoxy) is 2. The third kappa shape index (κ3) is 6.13. The van der Waals surface area contributed by atoms with E-state index in [9.17, 15) is 9.59 Å². The lowest BCUT2D eigenvalue weighted by Crippen LogP contribution is -2.50. The first-order valence-electron chi connectivity index (χ1n) is 7.45. The minimum absolute atomic E-state index is 0.0622. The van der Waals surface area contributed by atoms with Gasteiger partial charge < -0.3 is 14.8 Å². The second kappa shape index (κ2) is 9.18. The van der Waals surface area contributed by atoms with Gasteiger partial charge in [0.15, 0.2) is 6.61 Å². The van der Waals surface area contributed by atoms with Crippen LogP contribution in [-0.2, 0) is 14.3 Å². The van der Waals surface area contributed by atoms with E-state index in [1.807, 2.05) is 26.0 Å². The summed E-state index contributed by atoms with van der Waals surface area (Å²) in [7, 11) is 1.58. The fraction of sp³-hybridized carbons (Fsp3) is 0.471. The van der Waals surface area contributed by atoms with Gasteiger partial charge in [-0.1, -0.05) is 13.8 Å². The van der Waals surface area contributed by atoms with Crippen LogP contribution in [0.4, 0.5) is 0 Å². The quantitative estimate of drug-likeness (QED) is 0.572. The summed E-state index contributed by atoms with van der Waals surface area (Å²) in [5.74, 6) is -0.207. The lowest BCUT2D eigenvalue weighted by atomic mass is 9.90. The summed E-state index contributed by atoms with van der Waals surface area (Å²) in [6.45, 7) is 4.91. The summed E-state index contributed by atoms with van der Waals surface area (Å²) < 4.78 is 9.99. The number of methoxy groups -OCH3 is 1. The van der Waals surface area contributed by atoms with Crippen molar-refractivity contribution in [1.29, 1.82) is 5.26 Å². The number of nitrogens with one attached hydrogen (secondary N) is 1. The molecule has 0 saturated carbocycles. The van der Waals surface area contributed by atoms with Crippen LogP contribution in [0.5, 0.6) is 5.75 Å². The predicted octanol–water partition coefficient (Wildman–Crippen LogP) is 2.38. The van der Waals surface area contributed by atoms with Crippen LogP contribution in [-0.4, -0.2) is 36.9 Å². The van der Waals surface area contributed by atoms with Crippen molar-refractivity contribution in [2.45, 2.75) is 31.2 Å². The molecule has 130 valence electrons. The molecular weight excluding hydrogens is 328 g/mol. The van der Waals surface area contributed by atoms with Crippen molar-refractivity contribution in [3.63, 3.8) is 0 Å². The minimum atomic E-state index is -0.985. The van der Waals surface area contributed by atoms with Gasteiger partial charge in [-0.3, -0.25) is 9.59 Å². The van der Waals surface area contributed by atoms with Gasteiger partial charge in [-0.05, 0) is 37.1 Å². The van der Waals surface area contributed by atoms with Crippen LogP contribution < -0.4 is 10.1 Å². The predicted molar refractivity (Wildman–Crippen MR) is 91.7 cm³/mol. The number of nitrogens with zero attached hydrogens (tertiary/aromatic N) is 1. The van der Waals surface area contributed by atoms with E-state index < -0.39 is 24.0 Å². The summed E-state index contributed by atoms with van der Waals surface area (Å²) in [5, 5.41) is 11.7. The molecule has 1 aromatic carbocycles. The largest absolute Gasteiger partial charge is 0.497 e. The highest BCUT2D eigenvalue weighted by atomic mass is 32.2. The molecule has 6 nitrogen and oxygen atoms in total. The number of benzene rings is 1. The van der Waals surface area contributed by atoms with Crippen molar-refractivity contribution in [2.75, 3.05) is 19.5 Å². The molecule has 1 amide bonds. The van der Waals surface area contributed by atoms with E-state index in [2.05, 4.69) is 11.4 Å². The monoisotopic (exact) mass is 350 g/mol. The minimum Gasteiger partial charge on any atom is -0.497 e. The molecule has 0 bridgehead atoms. The lowest BCUT2D eigenvalue weighted by molar-refractivity contribution is -0.146. The zero-order valence-electron chi connectivity index (χ0n) is 14.3. The summed E-state index contributed by atoms with van der Waals surface area (Å²) in [6.07, 6.45) is 0. The van der Waals surface area contributed by atoms with Crippen molar-refractivity contribution in [2.24, 2.45) is 5.92 Å². The molecule has 0 fully saturated rings. The van der Waals surface area contributed by atoms with Crippen LogP contribution >= 0.6 is 11.8 Å². The number of nitriles is 1. The van der Waals surface area contributed by atoms with Crippen LogP contribution in [0.15, 0.2) is 29.2 Å². The Balaban J connectivity index is 2.37. The van der Waals surface area contributed by atoms with Crippen molar-refractivity contribution in [3.05, 3.63) is 24.3 Å². The molecule has 7 heteroatoms. The van der Waals surface area contributed by atoms with Gasteiger partial charge in [0.1, 0.15) is 11.3 Å². The van der Waals surface area contributed by atoms with E-state index in [0.717, 1.165) is 10.6 Å². The van der Waals surface area contributed by atoms with E-state index >= 15 is 0 Å². The molecule has 1 N–H and O–H groups in total. The Labute approximate surface area is 146 Å². The van der Waals surface area contributed by atoms with Crippen molar-refractivity contribution >= 4 is 23.6 Å². The average Bonchev–Trinajstić information content (AvgIpc) is 2.58. The molecule has 0 unspecified atom stereocenters. The second-order valence-corrected chi connectivity index (χ2v) is 6.69. The van der Waals surface area contributed by atoms with Gasteiger partial charge in [-0.15, -0.1) is 11.8 Å². The molecule has 24 heavy (non-hydrogen) atoms. The SMILES string of the molecule is COc1ccc(SCC(=O)OCC(=O)N[C@](C)(C#N)C(C)C)cc1. The summed E-state index contributed by atoms with van der Waals surface area (Å²) >= 11 is 1.31. The van der Waals surface area contributed by atoms with Gasteiger partial charge in [0, 0.05) is 4.90 Å². The zero-order chi connectivity index (χ0) is 18.2. The Bertz CT molecular complexity index is 610. The molecule has 0 aliphatic carbocycles. The van der Waals surface area contributed by atoms with E-state index in [4.69, 9.17) is 14.7 Å². The molecule has 0 spiro atoms. The third-order valence-corrected chi connectivity index (χ3v) is 4.55. The number of hydrogen-bond acceptors (Lipinski definition) is 6. The number of thioether (sulfide) groups is 1. The molecule has 0 aliphatic heterocycles. The molecule has 0 saturated heterocycles. The van der Waals surface area contributed by atoms with Gasteiger partial charge in [0.2, 0.25) is 0 Å². The Morgan fingerprint density at radius 1 is 1.33 bits per heavy atom. The second-order valence-electron chi connectivity index (χ2n) is 5.64. The average molecular weight is 350 g/mol. The smallest absolute Gasteiger partial charge is 0.316 e. The number of hydrogen-bond donors (Lipinski definition) is 1. The highest BCUT2D eigenvalue weighted by molar-refractivity contribution is 8.00.